The van der Waals surface area contributed by atoms with Crippen molar-refractivity contribution < 1.29 is 23.6 Å². The van der Waals surface area contributed by atoms with Crippen LogP contribution in [-0.2, 0) is 9.53 Å². The quantitative estimate of drug-likeness (QED) is 0.254. The van der Waals surface area contributed by atoms with Gasteiger partial charge in [-0.05, 0) is 23.8 Å². The van der Waals surface area contributed by atoms with Gasteiger partial charge in [0.2, 0.25) is 0 Å². The van der Waals surface area contributed by atoms with Crippen LogP contribution in [0.2, 0.25) is 0 Å². The maximum absolute atomic E-state index is 13.2. The Labute approximate surface area is 186 Å². The third kappa shape index (κ3) is 2.84. The van der Waals surface area contributed by atoms with Crippen molar-refractivity contribution in [1.82, 2.24) is 0 Å². The minimum absolute atomic E-state index is 0.0996. The Balaban J connectivity index is 1.65. The zero-order valence-electron chi connectivity index (χ0n) is 17.0. The number of nitrogens with zero attached hydrogens (tertiary/aromatic N) is 1. The van der Waals surface area contributed by atoms with E-state index in [1.165, 1.54) is 24.3 Å². The third-order valence-corrected chi connectivity index (χ3v) is 6.14. The summed E-state index contributed by atoms with van der Waals surface area (Å²) in [4.78, 5) is 37.0. The molecular weight excluding hydrogens is 426 g/mol. The fourth-order valence-corrected chi connectivity index (χ4v) is 4.66. The highest BCUT2D eigenvalue weighted by Crippen LogP contribution is 2.49. The van der Waals surface area contributed by atoms with Gasteiger partial charge in [-0.25, -0.2) is 9.59 Å². The first kappa shape index (κ1) is 19.2. The molecule has 3 aromatic rings. The summed E-state index contributed by atoms with van der Waals surface area (Å²) >= 11 is 0. The number of allylic oxidation sites excluding steroid dienone is 2. The van der Waals surface area contributed by atoms with E-state index in [1.54, 1.807) is 36.4 Å². The molecule has 33 heavy (non-hydrogen) atoms. The zero-order chi connectivity index (χ0) is 22.7. The van der Waals surface area contributed by atoms with Crippen LogP contribution >= 0.6 is 0 Å². The van der Waals surface area contributed by atoms with Crippen molar-refractivity contribution >= 4 is 22.6 Å². The lowest BCUT2D eigenvalue weighted by atomic mass is 9.78. The van der Waals surface area contributed by atoms with Gasteiger partial charge in [0.15, 0.2) is 0 Å². The van der Waals surface area contributed by atoms with Crippen molar-refractivity contribution in [3.63, 3.8) is 0 Å². The van der Waals surface area contributed by atoms with E-state index in [-0.39, 0.29) is 22.7 Å². The second-order valence-corrected chi connectivity index (χ2v) is 7.96. The van der Waals surface area contributed by atoms with Crippen molar-refractivity contribution in [2.45, 2.75) is 12.0 Å². The second kappa shape index (κ2) is 7.03. The standard InChI is InChI=1S/C25H15NO7/c27-24-20-19(13-9-11-14(12-10-13)26(29)30)21-23(16-6-2-4-8-18(16)32-25(21)28)33-22(20)15-5-1-3-7-17(15)31-24/h1-12,15,17,19H. The van der Waals surface area contributed by atoms with E-state index in [0.717, 1.165) is 0 Å². The molecule has 8 nitrogen and oxygen atoms in total. The number of nitro benzene ring substituents is 1. The molecule has 0 fully saturated rings. The van der Waals surface area contributed by atoms with E-state index < -0.39 is 28.5 Å². The molecule has 3 unspecified atom stereocenters. The summed E-state index contributed by atoms with van der Waals surface area (Å²) in [6.45, 7) is 0. The Morgan fingerprint density at radius 3 is 2.48 bits per heavy atom. The van der Waals surface area contributed by atoms with Crippen LogP contribution in [0.1, 0.15) is 17.0 Å². The monoisotopic (exact) mass is 441 g/mol. The van der Waals surface area contributed by atoms with Crippen LogP contribution in [0.25, 0.3) is 11.0 Å². The fraction of sp³-hybridized carbons (Fsp3) is 0.120. The van der Waals surface area contributed by atoms with Gasteiger partial charge in [0.1, 0.15) is 23.2 Å². The Morgan fingerprint density at radius 2 is 1.70 bits per heavy atom. The summed E-state index contributed by atoms with van der Waals surface area (Å²) in [5.41, 5.74) is 0.491. The highest BCUT2D eigenvalue weighted by atomic mass is 16.6. The number of benzene rings is 2. The molecule has 0 radical (unpaired) electrons. The number of nitro groups is 1. The van der Waals surface area contributed by atoms with Crippen molar-refractivity contribution in [2.75, 3.05) is 0 Å². The molecule has 0 saturated carbocycles. The van der Waals surface area contributed by atoms with Crippen molar-refractivity contribution in [3.05, 3.63) is 116 Å². The molecule has 1 aliphatic carbocycles. The van der Waals surface area contributed by atoms with Crippen molar-refractivity contribution in [2.24, 2.45) is 5.92 Å². The minimum atomic E-state index is -0.863. The third-order valence-electron chi connectivity index (χ3n) is 6.14. The van der Waals surface area contributed by atoms with Crippen LogP contribution in [-0.4, -0.2) is 17.0 Å². The molecule has 3 heterocycles. The Bertz CT molecular complexity index is 1490. The first-order chi connectivity index (χ1) is 16.0. The van der Waals surface area contributed by atoms with Crippen LogP contribution < -0.4 is 10.4 Å². The number of non-ortho nitro benzene ring substituents is 1. The van der Waals surface area contributed by atoms with Gasteiger partial charge in [0.25, 0.3) is 5.69 Å². The largest absolute Gasteiger partial charge is 0.459 e. The topological polar surface area (TPSA) is 109 Å². The lowest BCUT2D eigenvalue weighted by Crippen LogP contribution is -2.40. The molecule has 0 N–H and O–H groups in total. The predicted molar refractivity (Wildman–Crippen MR) is 117 cm³/mol. The van der Waals surface area contributed by atoms with Crippen LogP contribution in [0.4, 0.5) is 5.69 Å². The minimum Gasteiger partial charge on any atom is -0.459 e. The van der Waals surface area contributed by atoms with E-state index in [4.69, 9.17) is 13.9 Å². The van der Waals surface area contributed by atoms with E-state index in [9.17, 15) is 19.7 Å². The van der Waals surface area contributed by atoms with Gasteiger partial charge < -0.3 is 13.9 Å². The number of carbonyl (C=O) groups is 1. The van der Waals surface area contributed by atoms with Gasteiger partial charge in [0.05, 0.1) is 33.3 Å². The highest BCUT2D eigenvalue weighted by molar-refractivity contribution is 5.96. The summed E-state index contributed by atoms with van der Waals surface area (Å²) in [5.74, 6) is -1.10. The number of esters is 1. The van der Waals surface area contributed by atoms with E-state index in [0.29, 0.717) is 28.0 Å². The van der Waals surface area contributed by atoms with Gasteiger partial charge >= 0.3 is 11.6 Å². The highest BCUT2D eigenvalue weighted by Gasteiger charge is 2.47. The number of para-hydroxylation sites is 1. The summed E-state index contributed by atoms with van der Waals surface area (Å²) in [5, 5.41) is 11.7. The predicted octanol–water partition coefficient (Wildman–Crippen LogP) is 4.15. The molecule has 3 atom stereocenters. The van der Waals surface area contributed by atoms with Crippen LogP contribution in [0.15, 0.2) is 93.4 Å². The Kier molecular flexibility index (Phi) is 4.10. The molecule has 0 bridgehead atoms. The van der Waals surface area contributed by atoms with Crippen LogP contribution in [0.5, 0.6) is 5.75 Å². The molecule has 2 aliphatic heterocycles. The normalized spacial score (nSPS) is 22.8. The lowest BCUT2D eigenvalue weighted by molar-refractivity contribution is -0.384. The number of hydrogen-bond acceptors (Lipinski definition) is 7. The molecule has 0 amide bonds. The van der Waals surface area contributed by atoms with Crippen molar-refractivity contribution in [3.8, 4) is 5.75 Å². The Hall–Kier alpha value is -4.46. The molecule has 0 spiro atoms. The number of fused-ring (bicyclic) bond motifs is 5. The molecule has 162 valence electrons. The first-order valence-corrected chi connectivity index (χ1v) is 10.3. The van der Waals surface area contributed by atoms with Gasteiger partial charge in [0, 0.05) is 12.1 Å². The molecule has 2 aromatic carbocycles. The number of carbonyl (C=O) groups excluding carboxylic acids is 1. The molecule has 3 aliphatic rings. The summed E-state index contributed by atoms with van der Waals surface area (Å²) < 4.78 is 17.5. The maximum Gasteiger partial charge on any atom is 0.344 e. The smallest absolute Gasteiger partial charge is 0.344 e. The first-order valence-electron chi connectivity index (χ1n) is 10.3. The maximum atomic E-state index is 13.2. The van der Waals surface area contributed by atoms with Gasteiger partial charge in [-0.1, -0.05) is 42.5 Å². The molecular formula is C25H15NO7. The second-order valence-electron chi connectivity index (χ2n) is 7.96. The van der Waals surface area contributed by atoms with E-state index in [2.05, 4.69) is 0 Å². The summed E-state index contributed by atoms with van der Waals surface area (Å²) in [6, 6.07) is 12.8. The number of ether oxygens (including phenoxy) is 2. The lowest BCUT2D eigenvalue weighted by Gasteiger charge is -2.38. The number of hydrogen-bond donors (Lipinski definition) is 0. The molecule has 0 saturated heterocycles. The van der Waals surface area contributed by atoms with Crippen LogP contribution in [0, 0.1) is 16.0 Å². The average Bonchev–Trinajstić information content (AvgIpc) is 2.83. The van der Waals surface area contributed by atoms with Crippen molar-refractivity contribution in [1.29, 1.82) is 0 Å². The summed E-state index contributed by atoms with van der Waals surface area (Å²) in [7, 11) is 0. The molecule has 6 rings (SSSR count). The Morgan fingerprint density at radius 1 is 0.939 bits per heavy atom. The van der Waals surface area contributed by atoms with Gasteiger partial charge in [-0.15, -0.1) is 0 Å². The summed E-state index contributed by atoms with van der Waals surface area (Å²) in [6.07, 6.45) is 6.80. The zero-order valence-corrected chi connectivity index (χ0v) is 17.0. The van der Waals surface area contributed by atoms with E-state index in [1.807, 2.05) is 12.2 Å². The SMILES string of the molecule is O=C1OC2C=CC=CC2C2=C1C(c1ccc([N+](=O)[O-])cc1)c1c(c3ccccc3oc1=O)O2. The number of rotatable bonds is 2. The van der Waals surface area contributed by atoms with E-state index >= 15 is 0 Å². The van der Waals surface area contributed by atoms with Gasteiger partial charge in [-0.2, -0.15) is 0 Å². The average molecular weight is 441 g/mol. The molecule has 8 heteroatoms. The van der Waals surface area contributed by atoms with Gasteiger partial charge in [-0.3, -0.25) is 10.1 Å². The molecule has 1 aromatic heterocycles. The fourth-order valence-electron chi connectivity index (χ4n) is 4.66. The van der Waals surface area contributed by atoms with Crippen LogP contribution in [0.3, 0.4) is 0 Å².